The number of rotatable bonds is 5. The molecule has 0 saturated heterocycles. The summed E-state index contributed by atoms with van der Waals surface area (Å²) in [5.41, 5.74) is 0.601. The van der Waals surface area contributed by atoms with Gasteiger partial charge in [0.2, 0.25) is 0 Å². The second-order valence-electron chi connectivity index (χ2n) is 4.71. The van der Waals surface area contributed by atoms with Crippen LogP contribution in [0.4, 0.5) is 0 Å². The molecule has 1 N–H and O–H groups in total. The molecule has 0 radical (unpaired) electrons. The number of aromatic nitrogens is 2. The highest BCUT2D eigenvalue weighted by atomic mass is 35.5. The highest BCUT2D eigenvalue weighted by Gasteiger charge is 2.13. The fourth-order valence-corrected chi connectivity index (χ4v) is 2.36. The number of halogens is 1. The first kappa shape index (κ1) is 17.6. The van der Waals surface area contributed by atoms with Crippen LogP contribution in [-0.2, 0) is 16.3 Å². The standard InChI is InChI=1S/C13H17N3O3S.ClH/c1-9(14-2)7-12-15-13(19-16-12)10-5-4-6-11(8-10)20(3,17)18;/h4-6,8-9,14H,7H2,1-3H3;1H. The smallest absolute Gasteiger partial charge is 0.257 e. The summed E-state index contributed by atoms with van der Waals surface area (Å²) < 4.78 is 28.2. The molecule has 6 nitrogen and oxygen atoms in total. The lowest BCUT2D eigenvalue weighted by atomic mass is 10.2. The van der Waals surface area contributed by atoms with Crippen molar-refractivity contribution in [3.63, 3.8) is 0 Å². The van der Waals surface area contributed by atoms with Crippen molar-refractivity contribution in [3.05, 3.63) is 30.1 Å². The minimum absolute atomic E-state index is 0. The molecule has 0 aliphatic heterocycles. The first-order chi connectivity index (χ1) is 9.40. The first-order valence-electron chi connectivity index (χ1n) is 6.20. The molecule has 1 atom stereocenters. The van der Waals surface area contributed by atoms with Crippen molar-refractivity contribution >= 4 is 22.2 Å². The van der Waals surface area contributed by atoms with Crippen LogP contribution in [0.15, 0.2) is 33.7 Å². The van der Waals surface area contributed by atoms with Gasteiger partial charge in [-0.1, -0.05) is 11.2 Å². The maximum Gasteiger partial charge on any atom is 0.257 e. The molecule has 0 fully saturated rings. The van der Waals surface area contributed by atoms with E-state index in [1.165, 1.54) is 12.3 Å². The topological polar surface area (TPSA) is 85.1 Å². The van der Waals surface area contributed by atoms with Gasteiger partial charge in [-0.15, -0.1) is 12.4 Å². The Morgan fingerprint density at radius 3 is 2.71 bits per heavy atom. The summed E-state index contributed by atoms with van der Waals surface area (Å²) in [5, 5.41) is 6.99. The Morgan fingerprint density at radius 2 is 2.10 bits per heavy atom. The van der Waals surface area contributed by atoms with E-state index >= 15 is 0 Å². The molecule has 0 spiro atoms. The first-order valence-corrected chi connectivity index (χ1v) is 8.09. The Kier molecular flexibility index (Phi) is 5.88. The third kappa shape index (κ3) is 4.52. The van der Waals surface area contributed by atoms with E-state index in [0.717, 1.165) is 0 Å². The molecular weight excluding hydrogens is 314 g/mol. The molecule has 0 saturated carbocycles. The lowest BCUT2D eigenvalue weighted by molar-refractivity contribution is 0.418. The third-order valence-electron chi connectivity index (χ3n) is 2.96. The second-order valence-corrected chi connectivity index (χ2v) is 6.73. The molecule has 21 heavy (non-hydrogen) atoms. The van der Waals surface area contributed by atoms with Crippen molar-refractivity contribution in [2.24, 2.45) is 0 Å². The molecule has 0 bridgehead atoms. The quantitative estimate of drug-likeness (QED) is 0.897. The third-order valence-corrected chi connectivity index (χ3v) is 4.07. The average Bonchev–Trinajstić information content (AvgIpc) is 2.86. The van der Waals surface area contributed by atoms with E-state index in [4.69, 9.17) is 4.52 Å². The Morgan fingerprint density at radius 1 is 1.38 bits per heavy atom. The summed E-state index contributed by atoms with van der Waals surface area (Å²) in [6.45, 7) is 2.01. The number of likely N-dealkylation sites (N-methyl/N-ethyl adjacent to an activating group) is 1. The summed E-state index contributed by atoms with van der Waals surface area (Å²) in [7, 11) is -1.39. The van der Waals surface area contributed by atoms with Gasteiger partial charge in [0.05, 0.1) is 4.90 Å². The monoisotopic (exact) mass is 331 g/mol. The lowest BCUT2D eigenvalue weighted by Gasteiger charge is -2.04. The molecule has 1 unspecified atom stereocenters. The van der Waals surface area contributed by atoms with E-state index in [1.807, 2.05) is 14.0 Å². The van der Waals surface area contributed by atoms with Crippen molar-refractivity contribution in [1.29, 1.82) is 0 Å². The van der Waals surface area contributed by atoms with E-state index in [0.29, 0.717) is 23.7 Å². The van der Waals surface area contributed by atoms with Gasteiger partial charge < -0.3 is 9.84 Å². The molecule has 1 aromatic heterocycles. The number of nitrogens with zero attached hydrogens (tertiary/aromatic N) is 2. The zero-order chi connectivity index (χ0) is 14.8. The fraction of sp³-hybridized carbons (Fsp3) is 0.385. The van der Waals surface area contributed by atoms with Crippen LogP contribution in [0.3, 0.4) is 0 Å². The number of sulfone groups is 1. The maximum atomic E-state index is 11.5. The zero-order valence-electron chi connectivity index (χ0n) is 12.0. The molecule has 1 heterocycles. The highest BCUT2D eigenvalue weighted by molar-refractivity contribution is 7.90. The summed E-state index contributed by atoms with van der Waals surface area (Å²) >= 11 is 0. The zero-order valence-corrected chi connectivity index (χ0v) is 13.7. The van der Waals surface area contributed by atoms with E-state index in [-0.39, 0.29) is 23.3 Å². The second kappa shape index (κ2) is 7.02. The molecule has 0 aliphatic rings. The Hall–Kier alpha value is -1.44. The average molecular weight is 332 g/mol. The van der Waals surface area contributed by atoms with Gasteiger partial charge in [-0.3, -0.25) is 0 Å². The Bertz CT molecular complexity index is 700. The lowest BCUT2D eigenvalue weighted by Crippen LogP contribution is -2.24. The van der Waals surface area contributed by atoms with Crippen LogP contribution in [0.25, 0.3) is 11.5 Å². The van der Waals surface area contributed by atoms with Crippen LogP contribution in [0.2, 0.25) is 0 Å². The number of benzene rings is 1. The van der Waals surface area contributed by atoms with Crippen LogP contribution >= 0.6 is 12.4 Å². The molecule has 0 amide bonds. The molecular formula is C13H18ClN3O3S. The van der Waals surface area contributed by atoms with E-state index in [2.05, 4.69) is 15.5 Å². The Balaban J connectivity index is 0.00000220. The Labute approximate surface area is 130 Å². The molecule has 2 aromatic rings. The summed E-state index contributed by atoms with van der Waals surface area (Å²) in [6, 6.07) is 6.72. The highest BCUT2D eigenvalue weighted by Crippen LogP contribution is 2.21. The predicted molar refractivity (Wildman–Crippen MR) is 82.3 cm³/mol. The predicted octanol–water partition coefficient (Wildman–Crippen LogP) is 1.71. The number of hydrogen-bond donors (Lipinski definition) is 1. The molecule has 1 aromatic carbocycles. The van der Waals surface area contributed by atoms with Crippen molar-refractivity contribution in [1.82, 2.24) is 15.5 Å². The van der Waals surface area contributed by atoms with Crippen LogP contribution in [0.5, 0.6) is 0 Å². The summed E-state index contributed by atoms with van der Waals surface area (Å²) in [5.74, 6) is 0.917. The number of hydrogen-bond acceptors (Lipinski definition) is 6. The molecule has 8 heteroatoms. The minimum atomic E-state index is -3.25. The van der Waals surface area contributed by atoms with Gasteiger partial charge in [-0.05, 0) is 32.2 Å². The minimum Gasteiger partial charge on any atom is -0.334 e. The van der Waals surface area contributed by atoms with Crippen LogP contribution in [0, 0.1) is 0 Å². The summed E-state index contributed by atoms with van der Waals surface area (Å²) in [4.78, 5) is 4.51. The fourth-order valence-electron chi connectivity index (χ4n) is 1.69. The van der Waals surface area contributed by atoms with Gasteiger partial charge in [0, 0.05) is 24.3 Å². The van der Waals surface area contributed by atoms with Crippen molar-refractivity contribution in [3.8, 4) is 11.5 Å². The van der Waals surface area contributed by atoms with E-state index in [9.17, 15) is 8.42 Å². The van der Waals surface area contributed by atoms with Crippen molar-refractivity contribution < 1.29 is 12.9 Å². The largest absolute Gasteiger partial charge is 0.334 e. The van der Waals surface area contributed by atoms with Crippen molar-refractivity contribution in [2.75, 3.05) is 13.3 Å². The normalized spacial score (nSPS) is 12.7. The molecule has 116 valence electrons. The van der Waals surface area contributed by atoms with Gasteiger partial charge in [0.15, 0.2) is 15.7 Å². The van der Waals surface area contributed by atoms with Gasteiger partial charge in [0.25, 0.3) is 5.89 Å². The van der Waals surface area contributed by atoms with Crippen LogP contribution in [0.1, 0.15) is 12.7 Å². The van der Waals surface area contributed by atoms with Gasteiger partial charge in [-0.25, -0.2) is 8.42 Å². The molecule has 2 rings (SSSR count). The SMILES string of the molecule is CNC(C)Cc1noc(-c2cccc(S(C)(=O)=O)c2)n1.Cl. The van der Waals surface area contributed by atoms with E-state index in [1.54, 1.807) is 18.2 Å². The van der Waals surface area contributed by atoms with Gasteiger partial charge in [-0.2, -0.15) is 4.98 Å². The van der Waals surface area contributed by atoms with Crippen LogP contribution in [-0.4, -0.2) is 37.9 Å². The number of nitrogens with one attached hydrogen (secondary N) is 1. The van der Waals surface area contributed by atoms with Gasteiger partial charge in [0.1, 0.15) is 0 Å². The van der Waals surface area contributed by atoms with E-state index < -0.39 is 9.84 Å². The maximum absolute atomic E-state index is 11.5. The van der Waals surface area contributed by atoms with Crippen LogP contribution < -0.4 is 5.32 Å². The summed E-state index contributed by atoms with van der Waals surface area (Å²) in [6.07, 6.45) is 1.81. The van der Waals surface area contributed by atoms with Crippen molar-refractivity contribution in [2.45, 2.75) is 24.3 Å². The van der Waals surface area contributed by atoms with Gasteiger partial charge >= 0.3 is 0 Å². The molecule has 0 aliphatic carbocycles.